The first kappa shape index (κ1) is 13.3. The quantitative estimate of drug-likeness (QED) is 0.716. The maximum absolute atomic E-state index is 12.1. The average Bonchev–Trinajstić information content (AvgIpc) is 3.02. The van der Waals surface area contributed by atoms with Gasteiger partial charge < -0.3 is 4.74 Å². The van der Waals surface area contributed by atoms with Crippen molar-refractivity contribution in [2.24, 2.45) is 5.92 Å². The molecule has 2 saturated carbocycles. The van der Waals surface area contributed by atoms with Crippen LogP contribution in [0.2, 0.25) is 24.7 Å². The SMILES string of the molecule is CO[C@H]([C@@H]1CCCCC1=O)C1([Si](C)(C)C)CC1. The first-order chi connectivity index (χ1) is 7.92. The summed E-state index contributed by atoms with van der Waals surface area (Å²) >= 11 is 0. The molecule has 0 spiro atoms. The molecule has 0 amide bonds. The molecule has 0 aromatic rings. The van der Waals surface area contributed by atoms with Crippen LogP contribution in [0.5, 0.6) is 0 Å². The molecule has 0 bridgehead atoms. The number of rotatable bonds is 4. The van der Waals surface area contributed by atoms with E-state index in [9.17, 15) is 4.79 Å². The van der Waals surface area contributed by atoms with Crippen molar-refractivity contribution < 1.29 is 9.53 Å². The Hall–Kier alpha value is -0.153. The molecule has 2 aliphatic rings. The van der Waals surface area contributed by atoms with Crippen molar-refractivity contribution in [3.8, 4) is 0 Å². The Morgan fingerprint density at radius 1 is 1.29 bits per heavy atom. The van der Waals surface area contributed by atoms with Gasteiger partial charge in [-0.2, -0.15) is 0 Å². The van der Waals surface area contributed by atoms with E-state index < -0.39 is 8.07 Å². The molecule has 2 fully saturated rings. The maximum Gasteiger partial charge on any atom is 0.138 e. The van der Waals surface area contributed by atoms with Crippen molar-refractivity contribution >= 4 is 13.9 Å². The highest BCUT2D eigenvalue weighted by Crippen LogP contribution is 2.65. The predicted molar refractivity (Wildman–Crippen MR) is 73.0 cm³/mol. The van der Waals surface area contributed by atoms with E-state index in [0.29, 0.717) is 10.8 Å². The lowest BCUT2D eigenvalue weighted by Crippen LogP contribution is -2.45. The molecule has 0 radical (unpaired) electrons. The Bertz CT molecular complexity index is 302. The molecule has 0 aliphatic heterocycles. The third kappa shape index (κ3) is 2.24. The van der Waals surface area contributed by atoms with Gasteiger partial charge in [-0.05, 0) is 30.7 Å². The van der Waals surface area contributed by atoms with Crippen LogP contribution in [0.15, 0.2) is 0 Å². The number of ketones is 1. The first-order valence-electron chi connectivity index (χ1n) is 6.98. The summed E-state index contributed by atoms with van der Waals surface area (Å²) in [6.45, 7) is 7.29. The molecule has 2 rings (SSSR count). The summed E-state index contributed by atoms with van der Waals surface area (Å²) in [6, 6.07) is 0. The van der Waals surface area contributed by atoms with Crippen LogP contribution < -0.4 is 0 Å². The topological polar surface area (TPSA) is 26.3 Å². The van der Waals surface area contributed by atoms with Crippen LogP contribution in [0, 0.1) is 5.92 Å². The number of Topliss-reactive ketones (excluding diaryl/α,β-unsaturated/α-hetero) is 1. The standard InChI is InChI=1S/C14H26O2Si/c1-16-13(11-7-5-6-8-12(11)15)14(9-10-14)17(2,3)4/h11,13H,5-10H2,1-4H3/t11-,13-/m1/s1. The van der Waals surface area contributed by atoms with Crippen molar-refractivity contribution in [3.05, 3.63) is 0 Å². The molecule has 0 aromatic heterocycles. The van der Waals surface area contributed by atoms with Crippen LogP contribution in [0.3, 0.4) is 0 Å². The van der Waals surface area contributed by atoms with E-state index in [0.717, 1.165) is 19.3 Å². The lowest BCUT2D eigenvalue weighted by Gasteiger charge is -2.40. The van der Waals surface area contributed by atoms with Crippen LogP contribution in [0.25, 0.3) is 0 Å². The number of carbonyl (C=O) groups excluding carboxylic acids is 1. The Morgan fingerprint density at radius 2 is 1.94 bits per heavy atom. The Kier molecular flexibility index (Phi) is 3.52. The third-order valence-corrected chi connectivity index (χ3v) is 8.82. The highest BCUT2D eigenvalue weighted by molar-refractivity contribution is 6.80. The fraction of sp³-hybridized carbons (Fsp3) is 0.929. The van der Waals surface area contributed by atoms with E-state index in [4.69, 9.17) is 4.74 Å². The number of hydrogen-bond acceptors (Lipinski definition) is 2. The number of methoxy groups -OCH3 is 1. The molecule has 2 aliphatic carbocycles. The largest absolute Gasteiger partial charge is 0.380 e. The lowest BCUT2D eigenvalue weighted by molar-refractivity contribution is -0.130. The van der Waals surface area contributed by atoms with Crippen molar-refractivity contribution in [2.75, 3.05) is 7.11 Å². The van der Waals surface area contributed by atoms with E-state index in [1.165, 1.54) is 19.3 Å². The lowest BCUT2D eigenvalue weighted by atomic mass is 9.82. The average molecular weight is 254 g/mol. The van der Waals surface area contributed by atoms with Crippen LogP contribution in [0.1, 0.15) is 38.5 Å². The summed E-state index contributed by atoms with van der Waals surface area (Å²) in [5, 5.41) is 0.388. The molecule has 17 heavy (non-hydrogen) atoms. The minimum absolute atomic E-state index is 0.197. The van der Waals surface area contributed by atoms with Gasteiger partial charge in [-0.1, -0.05) is 26.1 Å². The second-order valence-electron chi connectivity index (χ2n) is 6.88. The van der Waals surface area contributed by atoms with Gasteiger partial charge in [0.25, 0.3) is 0 Å². The molecule has 0 unspecified atom stereocenters. The number of ether oxygens (including phenoxy) is 1. The monoisotopic (exact) mass is 254 g/mol. The van der Waals surface area contributed by atoms with Crippen LogP contribution >= 0.6 is 0 Å². The Morgan fingerprint density at radius 3 is 2.35 bits per heavy atom. The van der Waals surface area contributed by atoms with E-state index in [-0.39, 0.29) is 12.0 Å². The summed E-state index contributed by atoms with van der Waals surface area (Å²) in [6.07, 6.45) is 6.91. The van der Waals surface area contributed by atoms with Crippen LogP contribution in [-0.2, 0) is 9.53 Å². The van der Waals surface area contributed by atoms with Gasteiger partial charge in [0, 0.05) is 19.4 Å². The first-order valence-corrected chi connectivity index (χ1v) is 10.5. The zero-order chi connectivity index (χ0) is 12.7. The zero-order valence-electron chi connectivity index (χ0n) is 11.7. The normalized spacial score (nSPS) is 30.1. The molecule has 2 atom stereocenters. The second-order valence-corrected chi connectivity index (χ2v) is 12.4. The van der Waals surface area contributed by atoms with E-state index in [1.807, 2.05) is 7.11 Å². The minimum Gasteiger partial charge on any atom is -0.380 e. The fourth-order valence-electron chi connectivity index (χ4n) is 3.70. The summed E-state index contributed by atoms with van der Waals surface area (Å²) in [4.78, 5) is 12.1. The molecule has 3 heteroatoms. The third-order valence-electron chi connectivity index (χ3n) is 5.05. The van der Waals surface area contributed by atoms with E-state index in [2.05, 4.69) is 19.6 Å². The molecule has 98 valence electrons. The van der Waals surface area contributed by atoms with Gasteiger partial charge >= 0.3 is 0 Å². The van der Waals surface area contributed by atoms with Gasteiger partial charge in [-0.3, -0.25) is 4.79 Å². The molecule has 0 N–H and O–H groups in total. The van der Waals surface area contributed by atoms with Crippen LogP contribution in [0.4, 0.5) is 0 Å². The van der Waals surface area contributed by atoms with Crippen molar-refractivity contribution in [2.45, 2.75) is 69.3 Å². The summed E-state index contributed by atoms with van der Waals surface area (Å²) in [7, 11) is 0.564. The van der Waals surface area contributed by atoms with Gasteiger partial charge in [0.15, 0.2) is 0 Å². The molecular formula is C14H26O2Si. The highest BCUT2D eigenvalue weighted by atomic mass is 28.3. The second kappa shape index (κ2) is 4.50. The molecular weight excluding hydrogens is 228 g/mol. The van der Waals surface area contributed by atoms with Gasteiger partial charge in [0.1, 0.15) is 5.78 Å². The fourth-order valence-corrected chi connectivity index (χ4v) is 6.50. The summed E-state index contributed by atoms with van der Waals surface area (Å²) in [5.74, 6) is 0.663. The van der Waals surface area contributed by atoms with Crippen molar-refractivity contribution in [3.63, 3.8) is 0 Å². The minimum atomic E-state index is -1.25. The van der Waals surface area contributed by atoms with E-state index >= 15 is 0 Å². The molecule has 2 nitrogen and oxygen atoms in total. The summed E-state index contributed by atoms with van der Waals surface area (Å²) < 4.78 is 5.83. The number of hydrogen-bond donors (Lipinski definition) is 0. The van der Waals surface area contributed by atoms with Gasteiger partial charge in [0.2, 0.25) is 0 Å². The maximum atomic E-state index is 12.1. The van der Waals surface area contributed by atoms with Crippen LogP contribution in [-0.4, -0.2) is 27.1 Å². The molecule has 0 saturated heterocycles. The van der Waals surface area contributed by atoms with Crippen molar-refractivity contribution in [1.82, 2.24) is 0 Å². The predicted octanol–water partition coefficient (Wildman–Crippen LogP) is 3.63. The molecule has 0 aromatic carbocycles. The Labute approximate surface area is 106 Å². The number of carbonyl (C=O) groups is 1. The van der Waals surface area contributed by atoms with Gasteiger partial charge in [0.05, 0.1) is 14.2 Å². The van der Waals surface area contributed by atoms with Gasteiger partial charge in [-0.25, -0.2) is 0 Å². The van der Waals surface area contributed by atoms with Crippen molar-refractivity contribution in [1.29, 1.82) is 0 Å². The van der Waals surface area contributed by atoms with E-state index in [1.54, 1.807) is 0 Å². The highest BCUT2D eigenvalue weighted by Gasteiger charge is 2.60. The Balaban J connectivity index is 2.19. The van der Waals surface area contributed by atoms with Gasteiger partial charge in [-0.15, -0.1) is 0 Å². The zero-order valence-corrected chi connectivity index (χ0v) is 12.7. The molecule has 0 heterocycles. The smallest absolute Gasteiger partial charge is 0.138 e. The summed E-state index contributed by atoms with van der Waals surface area (Å²) in [5.41, 5.74) is 0.